The quantitative estimate of drug-likeness (QED) is 0.766. The van der Waals surface area contributed by atoms with Crippen molar-refractivity contribution < 1.29 is 0 Å². The molecule has 0 radical (unpaired) electrons. The van der Waals surface area contributed by atoms with Gasteiger partial charge in [0.1, 0.15) is 0 Å². The molecule has 1 saturated carbocycles. The number of likely N-dealkylation sites (N-methyl/N-ethyl adjacent to an activating group) is 2. The summed E-state index contributed by atoms with van der Waals surface area (Å²) in [6.07, 6.45) is 9.57. The molecule has 17 heavy (non-hydrogen) atoms. The molecule has 1 aliphatic rings. The van der Waals surface area contributed by atoms with Gasteiger partial charge in [-0.2, -0.15) is 0 Å². The average Bonchev–Trinajstić information content (AvgIpc) is 2.31. The molecule has 102 valence electrons. The van der Waals surface area contributed by atoms with Gasteiger partial charge in [0.25, 0.3) is 0 Å². The van der Waals surface area contributed by atoms with Gasteiger partial charge in [0, 0.05) is 11.6 Å². The fourth-order valence-electron chi connectivity index (χ4n) is 3.91. The number of nitrogens with one attached hydrogen (secondary N) is 1. The van der Waals surface area contributed by atoms with E-state index in [1.807, 2.05) is 0 Å². The molecule has 0 heterocycles. The smallest absolute Gasteiger partial charge is 0.0358 e. The summed E-state index contributed by atoms with van der Waals surface area (Å²) >= 11 is 0. The van der Waals surface area contributed by atoms with E-state index in [-0.39, 0.29) is 0 Å². The summed E-state index contributed by atoms with van der Waals surface area (Å²) in [6.45, 7) is 4.72. The maximum absolute atomic E-state index is 3.64. The van der Waals surface area contributed by atoms with Crippen molar-refractivity contribution in [3.63, 3.8) is 0 Å². The van der Waals surface area contributed by atoms with Gasteiger partial charge in [-0.15, -0.1) is 0 Å². The number of rotatable bonds is 6. The predicted octanol–water partition coefficient (Wildman–Crippen LogP) is 3.28. The highest BCUT2D eigenvalue weighted by Crippen LogP contribution is 2.38. The van der Waals surface area contributed by atoms with E-state index in [2.05, 4.69) is 45.2 Å². The van der Waals surface area contributed by atoms with Gasteiger partial charge in [-0.25, -0.2) is 0 Å². The Morgan fingerprint density at radius 1 is 1.18 bits per heavy atom. The van der Waals surface area contributed by atoms with E-state index < -0.39 is 0 Å². The molecular weight excluding hydrogens is 208 g/mol. The molecule has 0 spiro atoms. The minimum atomic E-state index is 0.390. The van der Waals surface area contributed by atoms with Crippen LogP contribution in [0, 0.1) is 5.92 Å². The second-order valence-corrected chi connectivity index (χ2v) is 6.09. The summed E-state index contributed by atoms with van der Waals surface area (Å²) in [4.78, 5) is 2.50. The molecule has 0 bridgehead atoms. The molecule has 1 fully saturated rings. The lowest BCUT2D eigenvalue weighted by molar-refractivity contribution is 0.0369. The first-order valence-corrected chi connectivity index (χ1v) is 7.43. The fraction of sp³-hybridized carbons (Fsp3) is 1.00. The third-order valence-electron chi connectivity index (χ3n) is 4.81. The normalized spacial score (nSPS) is 23.6. The van der Waals surface area contributed by atoms with E-state index in [4.69, 9.17) is 0 Å². The first-order valence-electron chi connectivity index (χ1n) is 7.43. The van der Waals surface area contributed by atoms with Gasteiger partial charge in [0.2, 0.25) is 0 Å². The van der Waals surface area contributed by atoms with E-state index in [9.17, 15) is 0 Å². The van der Waals surface area contributed by atoms with Crippen molar-refractivity contribution in [2.45, 2.75) is 70.4 Å². The molecule has 0 saturated heterocycles. The van der Waals surface area contributed by atoms with Gasteiger partial charge in [0.15, 0.2) is 0 Å². The summed E-state index contributed by atoms with van der Waals surface area (Å²) < 4.78 is 0. The minimum absolute atomic E-state index is 0.390. The van der Waals surface area contributed by atoms with E-state index in [0.29, 0.717) is 11.6 Å². The highest BCUT2D eigenvalue weighted by atomic mass is 15.2. The van der Waals surface area contributed by atoms with Gasteiger partial charge in [0.05, 0.1) is 0 Å². The standard InChI is InChI=1S/C15H32N2/c1-6-10-13(2)14(16-3)15(17(4)5)11-8-7-9-12-15/h13-14,16H,6-12H2,1-5H3. The molecule has 0 aromatic carbocycles. The van der Waals surface area contributed by atoms with Crippen LogP contribution in [0.3, 0.4) is 0 Å². The van der Waals surface area contributed by atoms with Gasteiger partial charge < -0.3 is 10.2 Å². The number of hydrogen-bond donors (Lipinski definition) is 1. The number of nitrogens with zero attached hydrogens (tertiary/aromatic N) is 1. The monoisotopic (exact) mass is 240 g/mol. The Morgan fingerprint density at radius 3 is 2.18 bits per heavy atom. The van der Waals surface area contributed by atoms with Gasteiger partial charge in [-0.3, -0.25) is 0 Å². The minimum Gasteiger partial charge on any atom is -0.315 e. The van der Waals surface area contributed by atoms with Crippen LogP contribution in [0.5, 0.6) is 0 Å². The molecule has 2 atom stereocenters. The topological polar surface area (TPSA) is 15.3 Å². The van der Waals surface area contributed by atoms with Crippen molar-refractivity contribution in [1.29, 1.82) is 0 Å². The van der Waals surface area contributed by atoms with Gasteiger partial charge >= 0.3 is 0 Å². The Bertz CT molecular complexity index is 207. The zero-order valence-corrected chi connectivity index (χ0v) is 12.6. The second-order valence-electron chi connectivity index (χ2n) is 6.09. The zero-order valence-electron chi connectivity index (χ0n) is 12.6. The molecule has 2 nitrogen and oxygen atoms in total. The molecule has 2 unspecified atom stereocenters. The van der Waals surface area contributed by atoms with Gasteiger partial charge in [-0.05, 0) is 46.3 Å². The molecule has 1 rings (SSSR count). The molecule has 0 aromatic heterocycles. The van der Waals surface area contributed by atoms with Crippen LogP contribution in [0.15, 0.2) is 0 Å². The van der Waals surface area contributed by atoms with Crippen molar-refractivity contribution in [2.24, 2.45) is 5.92 Å². The Kier molecular flexibility index (Phi) is 5.94. The van der Waals surface area contributed by atoms with Crippen molar-refractivity contribution in [3.05, 3.63) is 0 Å². The lowest BCUT2D eigenvalue weighted by atomic mass is 9.70. The summed E-state index contributed by atoms with van der Waals surface area (Å²) in [5, 5.41) is 3.64. The van der Waals surface area contributed by atoms with E-state index in [1.54, 1.807) is 0 Å². The van der Waals surface area contributed by atoms with Crippen LogP contribution in [0.25, 0.3) is 0 Å². The van der Waals surface area contributed by atoms with E-state index in [1.165, 1.54) is 44.9 Å². The third-order valence-corrected chi connectivity index (χ3v) is 4.81. The van der Waals surface area contributed by atoms with Crippen LogP contribution in [0.4, 0.5) is 0 Å². The zero-order chi connectivity index (χ0) is 12.9. The summed E-state index contributed by atoms with van der Waals surface area (Å²) in [5.74, 6) is 0.769. The molecule has 0 amide bonds. The van der Waals surface area contributed by atoms with Crippen LogP contribution < -0.4 is 5.32 Å². The lowest BCUT2D eigenvalue weighted by Gasteiger charge is -2.50. The Morgan fingerprint density at radius 2 is 1.76 bits per heavy atom. The van der Waals surface area contributed by atoms with Crippen molar-refractivity contribution >= 4 is 0 Å². The molecule has 1 aliphatic carbocycles. The van der Waals surface area contributed by atoms with E-state index >= 15 is 0 Å². The Balaban J connectivity index is 2.85. The highest BCUT2D eigenvalue weighted by molar-refractivity contribution is 5.01. The van der Waals surface area contributed by atoms with Gasteiger partial charge in [-0.1, -0.05) is 39.5 Å². The summed E-state index contributed by atoms with van der Waals surface area (Å²) in [5.41, 5.74) is 0.390. The van der Waals surface area contributed by atoms with Crippen molar-refractivity contribution in [3.8, 4) is 0 Å². The Labute approximate surface area is 108 Å². The molecule has 0 aliphatic heterocycles. The Hall–Kier alpha value is -0.0800. The second kappa shape index (κ2) is 6.75. The van der Waals surface area contributed by atoms with Crippen LogP contribution in [-0.2, 0) is 0 Å². The third kappa shape index (κ3) is 3.23. The average molecular weight is 240 g/mol. The SMILES string of the molecule is CCCC(C)C(NC)C1(N(C)C)CCCCC1. The van der Waals surface area contributed by atoms with Crippen molar-refractivity contribution in [1.82, 2.24) is 10.2 Å². The predicted molar refractivity (Wildman–Crippen MR) is 76.4 cm³/mol. The van der Waals surface area contributed by atoms with Crippen LogP contribution >= 0.6 is 0 Å². The van der Waals surface area contributed by atoms with Crippen molar-refractivity contribution in [2.75, 3.05) is 21.1 Å². The van der Waals surface area contributed by atoms with Crippen LogP contribution in [0.1, 0.15) is 58.8 Å². The highest BCUT2D eigenvalue weighted by Gasteiger charge is 2.42. The summed E-state index contributed by atoms with van der Waals surface area (Å²) in [7, 11) is 6.69. The first-order chi connectivity index (χ1) is 8.08. The maximum Gasteiger partial charge on any atom is 0.0358 e. The molecular formula is C15H32N2. The van der Waals surface area contributed by atoms with Crippen LogP contribution in [0.2, 0.25) is 0 Å². The largest absolute Gasteiger partial charge is 0.315 e. The molecule has 1 N–H and O–H groups in total. The number of hydrogen-bond acceptors (Lipinski definition) is 2. The van der Waals surface area contributed by atoms with E-state index in [0.717, 1.165) is 5.92 Å². The lowest BCUT2D eigenvalue weighted by Crippen LogP contribution is -2.61. The van der Waals surface area contributed by atoms with Crippen LogP contribution in [-0.4, -0.2) is 37.6 Å². The first kappa shape index (κ1) is 15.0. The fourth-order valence-corrected chi connectivity index (χ4v) is 3.91. The summed E-state index contributed by atoms with van der Waals surface area (Å²) in [6, 6.07) is 0.637. The molecule has 2 heteroatoms. The molecule has 0 aromatic rings. The maximum atomic E-state index is 3.64.